The van der Waals surface area contributed by atoms with Crippen LogP contribution in [0.1, 0.15) is 24.1 Å². The van der Waals surface area contributed by atoms with Crippen molar-refractivity contribution in [1.82, 2.24) is 19.3 Å². The van der Waals surface area contributed by atoms with Gasteiger partial charge in [0.1, 0.15) is 5.82 Å². The second kappa shape index (κ2) is 4.94. The van der Waals surface area contributed by atoms with Crippen molar-refractivity contribution < 1.29 is 0 Å². The van der Waals surface area contributed by atoms with Gasteiger partial charge in [-0.25, -0.2) is 4.98 Å². The molecule has 4 nitrogen and oxygen atoms in total. The number of fused-ring (bicyclic) bond motifs is 1. The Morgan fingerprint density at radius 2 is 1.95 bits per heavy atom. The summed E-state index contributed by atoms with van der Waals surface area (Å²) in [5.41, 5.74) is 4.06. The Hall–Kier alpha value is -1.81. The van der Waals surface area contributed by atoms with Crippen molar-refractivity contribution in [2.75, 3.05) is 0 Å². The lowest BCUT2D eigenvalue weighted by Gasteiger charge is -2.09. The number of rotatable bonds is 3. The molecule has 0 saturated heterocycles. The number of para-hydroxylation sites is 2. The van der Waals surface area contributed by atoms with E-state index in [0.717, 1.165) is 39.8 Å². The molecule has 1 aromatic carbocycles. The highest BCUT2D eigenvalue weighted by molar-refractivity contribution is 6.31. The lowest BCUT2D eigenvalue weighted by Crippen LogP contribution is -2.09. The van der Waals surface area contributed by atoms with Crippen molar-refractivity contribution in [2.24, 2.45) is 0 Å². The number of aryl methyl sites for hydroxylation is 3. The number of imidazole rings is 1. The van der Waals surface area contributed by atoms with Crippen LogP contribution in [0.25, 0.3) is 11.0 Å². The van der Waals surface area contributed by atoms with Crippen LogP contribution in [0.2, 0.25) is 5.02 Å². The molecule has 0 aliphatic rings. The van der Waals surface area contributed by atoms with E-state index in [9.17, 15) is 0 Å². The molecule has 0 atom stereocenters. The molecule has 0 aliphatic carbocycles. The highest BCUT2D eigenvalue weighted by Crippen LogP contribution is 2.24. The quantitative estimate of drug-likeness (QED) is 0.738. The zero-order valence-electron chi connectivity index (χ0n) is 11.9. The van der Waals surface area contributed by atoms with Crippen molar-refractivity contribution in [3.8, 4) is 0 Å². The largest absolute Gasteiger partial charge is 0.322 e. The van der Waals surface area contributed by atoms with E-state index < -0.39 is 0 Å². The van der Waals surface area contributed by atoms with Gasteiger partial charge in [0.15, 0.2) is 0 Å². The van der Waals surface area contributed by atoms with Crippen LogP contribution in [0.5, 0.6) is 0 Å². The molecule has 0 unspecified atom stereocenters. The summed E-state index contributed by atoms with van der Waals surface area (Å²) in [6.07, 6.45) is 0. The van der Waals surface area contributed by atoms with Gasteiger partial charge in [0.2, 0.25) is 0 Å². The first-order chi connectivity index (χ1) is 9.61. The van der Waals surface area contributed by atoms with Crippen molar-refractivity contribution in [3.63, 3.8) is 0 Å². The third kappa shape index (κ3) is 2.00. The molecule has 0 spiro atoms. The molecule has 3 rings (SSSR count). The lowest BCUT2D eigenvalue weighted by atomic mass is 10.3. The standard InChI is InChI=1S/C15H17ClN4/c1-4-20-14(15(16)10(2)18-20)9-19-11(3)17-12-7-5-6-8-13(12)19/h5-8H,4,9H2,1-3H3. The van der Waals surface area contributed by atoms with Gasteiger partial charge in [0.25, 0.3) is 0 Å². The van der Waals surface area contributed by atoms with E-state index >= 15 is 0 Å². The summed E-state index contributed by atoms with van der Waals surface area (Å²) in [5.74, 6) is 0.990. The molecule has 2 aromatic heterocycles. The Bertz CT molecular complexity index is 770. The van der Waals surface area contributed by atoms with E-state index in [-0.39, 0.29) is 0 Å². The van der Waals surface area contributed by atoms with Gasteiger partial charge < -0.3 is 4.57 Å². The third-order valence-electron chi connectivity index (χ3n) is 3.61. The van der Waals surface area contributed by atoms with Gasteiger partial charge in [-0.1, -0.05) is 23.7 Å². The Morgan fingerprint density at radius 1 is 1.20 bits per heavy atom. The summed E-state index contributed by atoms with van der Waals surface area (Å²) in [5, 5.41) is 5.22. The van der Waals surface area contributed by atoms with Crippen LogP contribution in [-0.2, 0) is 13.1 Å². The zero-order valence-corrected chi connectivity index (χ0v) is 12.6. The average molecular weight is 289 g/mol. The van der Waals surface area contributed by atoms with Gasteiger partial charge in [-0.2, -0.15) is 5.10 Å². The van der Waals surface area contributed by atoms with Crippen LogP contribution in [0.15, 0.2) is 24.3 Å². The molecule has 0 amide bonds. The van der Waals surface area contributed by atoms with E-state index in [1.165, 1.54) is 0 Å². The van der Waals surface area contributed by atoms with E-state index in [2.05, 4.69) is 27.6 Å². The minimum Gasteiger partial charge on any atom is -0.322 e. The first kappa shape index (κ1) is 13.2. The Balaban J connectivity index is 2.12. The molecule has 104 valence electrons. The van der Waals surface area contributed by atoms with Crippen LogP contribution in [-0.4, -0.2) is 19.3 Å². The van der Waals surface area contributed by atoms with Crippen LogP contribution in [0.3, 0.4) is 0 Å². The minimum absolute atomic E-state index is 0.694. The molecular formula is C15H17ClN4. The number of hydrogen-bond donors (Lipinski definition) is 0. The number of nitrogens with zero attached hydrogens (tertiary/aromatic N) is 4. The Kier molecular flexibility index (Phi) is 3.26. The monoisotopic (exact) mass is 288 g/mol. The normalized spacial score (nSPS) is 11.4. The topological polar surface area (TPSA) is 35.6 Å². The van der Waals surface area contributed by atoms with E-state index in [0.29, 0.717) is 6.54 Å². The summed E-state index contributed by atoms with van der Waals surface area (Å²) >= 11 is 6.40. The van der Waals surface area contributed by atoms with E-state index in [1.54, 1.807) is 0 Å². The fraction of sp³-hybridized carbons (Fsp3) is 0.333. The Morgan fingerprint density at radius 3 is 2.70 bits per heavy atom. The first-order valence-corrected chi connectivity index (χ1v) is 7.13. The SMILES string of the molecule is CCn1nc(C)c(Cl)c1Cn1c(C)nc2ccccc21. The third-order valence-corrected chi connectivity index (χ3v) is 4.10. The molecule has 0 bridgehead atoms. The number of hydrogen-bond acceptors (Lipinski definition) is 2. The summed E-state index contributed by atoms with van der Waals surface area (Å²) in [6, 6.07) is 8.15. The minimum atomic E-state index is 0.694. The van der Waals surface area contributed by atoms with Gasteiger partial charge in [0.05, 0.1) is 34.0 Å². The van der Waals surface area contributed by atoms with Gasteiger partial charge in [-0.05, 0) is 32.9 Å². The van der Waals surface area contributed by atoms with Gasteiger partial charge in [-0.15, -0.1) is 0 Å². The summed E-state index contributed by atoms with van der Waals surface area (Å²) in [7, 11) is 0. The van der Waals surface area contributed by atoms with Crippen LogP contribution < -0.4 is 0 Å². The predicted octanol–water partition coefficient (Wildman–Crippen LogP) is 3.57. The van der Waals surface area contributed by atoms with Crippen molar-refractivity contribution in [2.45, 2.75) is 33.9 Å². The predicted molar refractivity (Wildman–Crippen MR) is 81.2 cm³/mol. The number of aromatic nitrogens is 4. The summed E-state index contributed by atoms with van der Waals surface area (Å²) in [4.78, 5) is 4.59. The molecule has 2 heterocycles. The molecule has 0 radical (unpaired) electrons. The smallest absolute Gasteiger partial charge is 0.107 e. The van der Waals surface area contributed by atoms with Gasteiger partial charge in [0, 0.05) is 6.54 Å². The maximum atomic E-state index is 6.40. The van der Waals surface area contributed by atoms with E-state index in [4.69, 9.17) is 11.6 Å². The average Bonchev–Trinajstić information content (AvgIpc) is 2.90. The zero-order chi connectivity index (χ0) is 14.3. The highest BCUT2D eigenvalue weighted by Gasteiger charge is 2.15. The highest BCUT2D eigenvalue weighted by atomic mass is 35.5. The second-order valence-corrected chi connectivity index (χ2v) is 5.27. The molecule has 20 heavy (non-hydrogen) atoms. The molecule has 3 aromatic rings. The fourth-order valence-corrected chi connectivity index (χ4v) is 2.76. The van der Waals surface area contributed by atoms with Crippen molar-refractivity contribution in [1.29, 1.82) is 0 Å². The molecule has 0 N–H and O–H groups in total. The molecular weight excluding hydrogens is 272 g/mol. The molecule has 5 heteroatoms. The van der Waals surface area contributed by atoms with Crippen LogP contribution >= 0.6 is 11.6 Å². The fourth-order valence-electron chi connectivity index (χ4n) is 2.57. The summed E-state index contributed by atoms with van der Waals surface area (Å²) < 4.78 is 4.15. The molecule has 0 saturated carbocycles. The van der Waals surface area contributed by atoms with Crippen LogP contribution in [0.4, 0.5) is 0 Å². The second-order valence-electron chi connectivity index (χ2n) is 4.90. The molecule has 0 aliphatic heterocycles. The molecule has 0 fully saturated rings. The number of halogens is 1. The van der Waals surface area contributed by atoms with Crippen molar-refractivity contribution >= 4 is 22.6 Å². The first-order valence-electron chi connectivity index (χ1n) is 6.75. The Labute approximate surface area is 123 Å². The van der Waals surface area contributed by atoms with Crippen molar-refractivity contribution in [3.05, 3.63) is 46.5 Å². The summed E-state index contributed by atoms with van der Waals surface area (Å²) in [6.45, 7) is 7.55. The van der Waals surface area contributed by atoms with Crippen LogP contribution in [0, 0.1) is 13.8 Å². The lowest BCUT2D eigenvalue weighted by molar-refractivity contribution is 0.597. The maximum Gasteiger partial charge on any atom is 0.107 e. The van der Waals surface area contributed by atoms with E-state index in [1.807, 2.05) is 36.7 Å². The maximum absolute atomic E-state index is 6.40. The van der Waals surface area contributed by atoms with Gasteiger partial charge >= 0.3 is 0 Å². The number of benzene rings is 1. The van der Waals surface area contributed by atoms with Gasteiger partial charge in [-0.3, -0.25) is 4.68 Å².